The van der Waals surface area contributed by atoms with Gasteiger partial charge in [0.25, 0.3) is 0 Å². The highest BCUT2D eigenvalue weighted by molar-refractivity contribution is 7.91. The van der Waals surface area contributed by atoms with Crippen LogP contribution in [0.4, 0.5) is 5.69 Å². The average molecular weight is 273 g/mol. The SMILES string of the molecule is N#CCCCCS(=O)(=O)c1cc(Cl)ccc1N. The Labute approximate surface area is 106 Å². The fourth-order valence-corrected chi connectivity index (χ4v) is 3.16. The summed E-state index contributed by atoms with van der Waals surface area (Å²) in [5.41, 5.74) is 5.82. The van der Waals surface area contributed by atoms with Gasteiger partial charge in [0.1, 0.15) is 0 Å². The Bertz CT molecular complexity index is 535. The molecule has 0 aliphatic carbocycles. The normalized spacial score (nSPS) is 11.1. The highest BCUT2D eigenvalue weighted by atomic mass is 35.5. The van der Waals surface area contributed by atoms with Gasteiger partial charge in [-0.2, -0.15) is 5.26 Å². The summed E-state index contributed by atoms with van der Waals surface area (Å²) in [6.07, 6.45) is 1.37. The first-order chi connectivity index (χ1) is 7.97. The van der Waals surface area contributed by atoms with Crippen molar-refractivity contribution in [2.75, 3.05) is 11.5 Å². The van der Waals surface area contributed by atoms with E-state index in [0.717, 1.165) is 0 Å². The van der Waals surface area contributed by atoms with Crippen LogP contribution in [0.15, 0.2) is 23.1 Å². The summed E-state index contributed by atoms with van der Waals surface area (Å²) in [5.74, 6) is -0.0147. The van der Waals surface area contributed by atoms with Crippen LogP contribution in [0.5, 0.6) is 0 Å². The summed E-state index contributed by atoms with van der Waals surface area (Å²) in [6, 6.07) is 6.36. The summed E-state index contributed by atoms with van der Waals surface area (Å²) in [7, 11) is -3.41. The molecule has 2 N–H and O–H groups in total. The lowest BCUT2D eigenvalue weighted by atomic mass is 10.3. The van der Waals surface area contributed by atoms with Crippen molar-refractivity contribution in [2.24, 2.45) is 0 Å². The van der Waals surface area contributed by atoms with Gasteiger partial charge in [-0.15, -0.1) is 0 Å². The molecular weight excluding hydrogens is 260 g/mol. The van der Waals surface area contributed by atoms with Crippen LogP contribution in [0.2, 0.25) is 5.02 Å². The largest absolute Gasteiger partial charge is 0.398 e. The fourth-order valence-electron chi connectivity index (χ4n) is 1.38. The minimum Gasteiger partial charge on any atom is -0.398 e. The molecule has 0 aliphatic rings. The van der Waals surface area contributed by atoms with Crippen molar-refractivity contribution in [1.82, 2.24) is 0 Å². The maximum Gasteiger partial charge on any atom is 0.180 e. The second kappa shape index (κ2) is 5.89. The second-order valence-electron chi connectivity index (χ2n) is 3.62. The van der Waals surface area contributed by atoms with E-state index in [0.29, 0.717) is 24.3 Å². The zero-order valence-electron chi connectivity index (χ0n) is 9.19. The van der Waals surface area contributed by atoms with Gasteiger partial charge in [-0.05, 0) is 31.0 Å². The van der Waals surface area contributed by atoms with Gasteiger partial charge in [0.05, 0.1) is 22.4 Å². The van der Waals surface area contributed by atoms with Gasteiger partial charge in [-0.1, -0.05) is 11.6 Å². The number of halogens is 1. The van der Waals surface area contributed by atoms with Gasteiger partial charge in [0.15, 0.2) is 9.84 Å². The van der Waals surface area contributed by atoms with E-state index in [1.165, 1.54) is 12.1 Å². The molecule has 6 heteroatoms. The zero-order chi connectivity index (χ0) is 12.9. The molecule has 0 aliphatic heterocycles. The highest BCUT2D eigenvalue weighted by Gasteiger charge is 2.17. The highest BCUT2D eigenvalue weighted by Crippen LogP contribution is 2.24. The van der Waals surface area contributed by atoms with E-state index in [9.17, 15) is 8.42 Å². The molecule has 0 aromatic heterocycles. The molecule has 1 aromatic carbocycles. The van der Waals surface area contributed by atoms with Crippen molar-refractivity contribution in [3.05, 3.63) is 23.2 Å². The fraction of sp³-hybridized carbons (Fsp3) is 0.364. The third-order valence-electron chi connectivity index (χ3n) is 2.26. The van der Waals surface area contributed by atoms with Gasteiger partial charge < -0.3 is 5.73 Å². The molecule has 0 heterocycles. The van der Waals surface area contributed by atoms with E-state index < -0.39 is 9.84 Å². The van der Waals surface area contributed by atoms with Gasteiger partial charge in [-0.25, -0.2) is 8.42 Å². The van der Waals surface area contributed by atoms with Crippen LogP contribution in [0.3, 0.4) is 0 Å². The van der Waals surface area contributed by atoms with E-state index in [1.54, 1.807) is 6.07 Å². The van der Waals surface area contributed by atoms with Crippen molar-refractivity contribution in [3.8, 4) is 6.07 Å². The monoisotopic (exact) mass is 272 g/mol. The standard InChI is InChI=1S/C11H13ClN2O2S/c12-9-4-5-10(14)11(8-9)17(15,16)7-3-1-2-6-13/h4-5,8H,1-3,7,14H2. The number of rotatable bonds is 5. The lowest BCUT2D eigenvalue weighted by Crippen LogP contribution is -2.09. The molecule has 0 fully saturated rings. The minimum atomic E-state index is -3.41. The van der Waals surface area contributed by atoms with Crippen LogP contribution < -0.4 is 5.73 Å². The molecule has 0 saturated carbocycles. The number of nitrogen functional groups attached to an aromatic ring is 1. The molecule has 0 radical (unpaired) electrons. The summed E-state index contributed by atoms with van der Waals surface area (Å²) >= 11 is 5.74. The van der Waals surface area contributed by atoms with Crippen LogP contribution in [0.1, 0.15) is 19.3 Å². The van der Waals surface area contributed by atoms with Gasteiger partial charge in [-0.3, -0.25) is 0 Å². The second-order valence-corrected chi connectivity index (χ2v) is 6.13. The van der Waals surface area contributed by atoms with Crippen molar-refractivity contribution in [1.29, 1.82) is 5.26 Å². The maximum absolute atomic E-state index is 11.9. The molecule has 1 aromatic rings. The quantitative estimate of drug-likeness (QED) is 0.659. The Morgan fingerprint density at radius 3 is 2.71 bits per heavy atom. The predicted octanol–water partition coefficient (Wildman–Crippen LogP) is 2.39. The van der Waals surface area contributed by atoms with Crippen molar-refractivity contribution >= 4 is 27.1 Å². The number of nitriles is 1. The number of benzene rings is 1. The van der Waals surface area contributed by atoms with E-state index in [2.05, 4.69) is 0 Å². The Hall–Kier alpha value is -1.25. The molecule has 1 rings (SSSR count). The first kappa shape index (κ1) is 13.8. The number of anilines is 1. The third kappa shape index (κ3) is 3.91. The summed E-state index contributed by atoms with van der Waals surface area (Å²) in [5, 5.41) is 8.70. The molecular formula is C11H13ClN2O2S. The number of nitrogens with two attached hydrogens (primary N) is 1. The summed E-state index contributed by atoms with van der Waals surface area (Å²) in [4.78, 5) is 0.0713. The smallest absolute Gasteiger partial charge is 0.180 e. The van der Waals surface area contributed by atoms with Crippen LogP contribution in [-0.2, 0) is 9.84 Å². The van der Waals surface area contributed by atoms with Gasteiger partial charge in [0.2, 0.25) is 0 Å². The number of unbranched alkanes of at least 4 members (excludes halogenated alkanes) is 2. The topological polar surface area (TPSA) is 84.0 Å². The molecule has 4 nitrogen and oxygen atoms in total. The molecule has 0 atom stereocenters. The minimum absolute atomic E-state index is 0.0147. The number of hydrogen-bond acceptors (Lipinski definition) is 4. The summed E-state index contributed by atoms with van der Waals surface area (Å²) in [6.45, 7) is 0. The first-order valence-corrected chi connectivity index (χ1v) is 7.15. The lowest BCUT2D eigenvalue weighted by Gasteiger charge is -2.07. The summed E-state index contributed by atoms with van der Waals surface area (Å²) < 4.78 is 23.9. The van der Waals surface area contributed by atoms with E-state index in [1.807, 2.05) is 6.07 Å². The van der Waals surface area contributed by atoms with E-state index >= 15 is 0 Å². The van der Waals surface area contributed by atoms with E-state index in [4.69, 9.17) is 22.6 Å². The molecule has 0 bridgehead atoms. The molecule has 0 spiro atoms. The van der Waals surface area contributed by atoms with Crippen molar-refractivity contribution < 1.29 is 8.42 Å². The van der Waals surface area contributed by atoms with Gasteiger partial charge >= 0.3 is 0 Å². The van der Waals surface area contributed by atoms with E-state index in [-0.39, 0.29) is 16.3 Å². The Morgan fingerprint density at radius 2 is 2.06 bits per heavy atom. The molecule has 0 unspecified atom stereocenters. The Morgan fingerprint density at radius 1 is 1.35 bits per heavy atom. The van der Waals surface area contributed by atoms with Gasteiger partial charge in [0, 0.05) is 11.4 Å². The first-order valence-electron chi connectivity index (χ1n) is 5.12. The molecule has 0 saturated heterocycles. The zero-order valence-corrected chi connectivity index (χ0v) is 10.8. The van der Waals surface area contributed by atoms with Crippen LogP contribution >= 0.6 is 11.6 Å². The molecule has 92 valence electrons. The Balaban J connectivity index is 2.83. The third-order valence-corrected chi connectivity index (χ3v) is 4.35. The van der Waals surface area contributed by atoms with Crippen LogP contribution in [-0.4, -0.2) is 14.2 Å². The van der Waals surface area contributed by atoms with Crippen LogP contribution in [0.25, 0.3) is 0 Å². The lowest BCUT2D eigenvalue weighted by molar-refractivity contribution is 0.592. The van der Waals surface area contributed by atoms with Crippen LogP contribution in [0, 0.1) is 11.3 Å². The number of nitrogens with zero attached hydrogens (tertiary/aromatic N) is 1. The molecule has 0 amide bonds. The molecule has 17 heavy (non-hydrogen) atoms. The maximum atomic E-state index is 11.9. The number of sulfone groups is 1. The average Bonchev–Trinajstić information content (AvgIpc) is 2.28. The van der Waals surface area contributed by atoms with Crippen molar-refractivity contribution in [2.45, 2.75) is 24.2 Å². The Kier molecular flexibility index (Phi) is 4.79. The number of hydrogen-bond donors (Lipinski definition) is 1. The predicted molar refractivity (Wildman–Crippen MR) is 67.4 cm³/mol. The van der Waals surface area contributed by atoms with Crippen molar-refractivity contribution in [3.63, 3.8) is 0 Å².